The van der Waals surface area contributed by atoms with Crippen molar-refractivity contribution in [2.45, 2.75) is 84.4 Å². The highest BCUT2D eigenvalue weighted by Crippen LogP contribution is 2.35. The van der Waals surface area contributed by atoms with Crippen molar-refractivity contribution in [3.05, 3.63) is 0 Å². The highest BCUT2D eigenvalue weighted by Gasteiger charge is 2.32. The monoisotopic (exact) mass is 296 g/mol. The van der Waals surface area contributed by atoms with Crippen LogP contribution in [-0.4, -0.2) is 41.8 Å². The van der Waals surface area contributed by atoms with Crippen molar-refractivity contribution < 1.29 is 9.53 Å². The first kappa shape index (κ1) is 16.6. The van der Waals surface area contributed by atoms with Crippen LogP contribution in [0.3, 0.4) is 0 Å². The molecule has 1 aliphatic heterocycles. The zero-order chi connectivity index (χ0) is 15.7. The quantitative estimate of drug-likeness (QED) is 0.847. The molecule has 1 atom stereocenters. The largest absolute Gasteiger partial charge is 0.444 e. The van der Waals surface area contributed by atoms with Gasteiger partial charge in [-0.15, -0.1) is 0 Å². The molecular weight excluding hydrogens is 264 g/mol. The van der Waals surface area contributed by atoms with Crippen LogP contribution in [0, 0.1) is 5.41 Å². The van der Waals surface area contributed by atoms with Crippen LogP contribution < -0.4 is 5.32 Å². The molecule has 0 radical (unpaired) electrons. The molecular formula is C17H32N2O2. The molecule has 1 heterocycles. The van der Waals surface area contributed by atoms with Gasteiger partial charge in [0.25, 0.3) is 0 Å². The van der Waals surface area contributed by atoms with E-state index in [-0.39, 0.29) is 6.09 Å². The lowest BCUT2D eigenvalue weighted by Crippen LogP contribution is -2.44. The van der Waals surface area contributed by atoms with Gasteiger partial charge in [0.05, 0.1) is 0 Å². The number of ether oxygens (including phenoxy) is 1. The molecule has 2 fully saturated rings. The smallest absolute Gasteiger partial charge is 0.410 e. The number of carbonyl (C=O) groups excluding carboxylic acids is 1. The molecule has 0 bridgehead atoms. The number of hydrogen-bond donors (Lipinski definition) is 1. The molecule has 0 aromatic rings. The van der Waals surface area contributed by atoms with Gasteiger partial charge in [0.1, 0.15) is 5.60 Å². The first-order valence-electron chi connectivity index (χ1n) is 8.39. The fraction of sp³-hybridized carbons (Fsp3) is 0.941. The van der Waals surface area contributed by atoms with Crippen molar-refractivity contribution in [2.24, 2.45) is 5.41 Å². The second kappa shape index (κ2) is 6.15. The average molecular weight is 296 g/mol. The van der Waals surface area contributed by atoms with Crippen molar-refractivity contribution in [2.75, 3.05) is 13.1 Å². The van der Waals surface area contributed by atoms with Crippen LogP contribution in [0.25, 0.3) is 0 Å². The minimum Gasteiger partial charge on any atom is -0.444 e. The summed E-state index contributed by atoms with van der Waals surface area (Å²) in [5, 5.41) is 3.75. The summed E-state index contributed by atoms with van der Waals surface area (Å²) in [7, 11) is 0. The number of nitrogens with one attached hydrogen (secondary N) is 1. The molecule has 1 saturated carbocycles. The van der Waals surface area contributed by atoms with E-state index < -0.39 is 5.60 Å². The Morgan fingerprint density at radius 1 is 1.14 bits per heavy atom. The van der Waals surface area contributed by atoms with E-state index in [9.17, 15) is 4.79 Å². The lowest BCUT2D eigenvalue weighted by Gasteiger charge is -2.36. The molecule has 0 spiro atoms. The summed E-state index contributed by atoms with van der Waals surface area (Å²) in [6, 6.07) is 1.06. The summed E-state index contributed by atoms with van der Waals surface area (Å²) in [5.41, 5.74) is 0.105. The second-order valence-electron chi connectivity index (χ2n) is 8.52. The summed E-state index contributed by atoms with van der Waals surface area (Å²) in [6.07, 6.45) is 5.99. The van der Waals surface area contributed by atoms with Gasteiger partial charge >= 0.3 is 6.09 Å². The summed E-state index contributed by atoms with van der Waals surface area (Å²) >= 11 is 0. The fourth-order valence-corrected chi connectivity index (χ4v) is 3.29. The number of rotatable bonds is 2. The third-order valence-corrected chi connectivity index (χ3v) is 4.65. The van der Waals surface area contributed by atoms with Crippen LogP contribution in [0.5, 0.6) is 0 Å². The van der Waals surface area contributed by atoms with Crippen molar-refractivity contribution in [3.63, 3.8) is 0 Å². The van der Waals surface area contributed by atoms with E-state index in [1.807, 2.05) is 25.7 Å². The van der Waals surface area contributed by atoms with Gasteiger partial charge in [-0.1, -0.05) is 13.8 Å². The number of likely N-dealkylation sites (tertiary alicyclic amines) is 1. The maximum absolute atomic E-state index is 12.1. The van der Waals surface area contributed by atoms with Gasteiger partial charge in [0.2, 0.25) is 0 Å². The van der Waals surface area contributed by atoms with Gasteiger partial charge in [-0.2, -0.15) is 0 Å². The van der Waals surface area contributed by atoms with E-state index in [4.69, 9.17) is 4.74 Å². The molecule has 1 unspecified atom stereocenters. The molecule has 4 nitrogen and oxygen atoms in total. The van der Waals surface area contributed by atoms with Crippen LogP contribution >= 0.6 is 0 Å². The third kappa shape index (κ3) is 5.17. The molecule has 1 N–H and O–H groups in total. The van der Waals surface area contributed by atoms with E-state index in [2.05, 4.69) is 19.2 Å². The molecule has 4 heteroatoms. The van der Waals surface area contributed by atoms with Gasteiger partial charge < -0.3 is 15.0 Å². The van der Waals surface area contributed by atoms with Crippen molar-refractivity contribution in [1.29, 1.82) is 0 Å². The maximum Gasteiger partial charge on any atom is 0.410 e. The molecule has 2 rings (SSSR count). The van der Waals surface area contributed by atoms with Gasteiger partial charge in [-0.25, -0.2) is 4.79 Å². The second-order valence-corrected chi connectivity index (χ2v) is 8.52. The van der Waals surface area contributed by atoms with E-state index >= 15 is 0 Å². The third-order valence-electron chi connectivity index (χ3n) is 4.65. The zero-order valence-electron chi connectivity index (χ0n) is 14.4. The summed E-state index contributed by atoms with van der Waals surface area (Å²) in [5.74, 6) is 0. The zero-order valence-corrected chi connectivity index (χ0v) is 14.4. The molecule has 0 aromatic carbocycles. The molecule has 0 aromatic heterocycles. The summed E-state index contributed by atoms with van der Waals surface area (Å²) in [6.45, 7) is 12.1. The average Bonchev–Trinajstić information content (AvgIpc) is 2.78. The standard InChI is InChI=1S/C17H32N2O2/c1-16(2,3)21-15(20)19-11-8-14(12-19)18-13-6-9-17(4,5)10-7-13/h13-14,18H,6-12H2,1-5H3. The Kier molecular flexibility index (Phi) is 4.86. The van der Waals surface area contributed by atoms with E-state index in [0.717, 1.165) is 19.5 Å². The minimum absolute atomic E-state index is 0.170. The van der Waals surface area contributed by atoms with E-state index in [1.165, 1.54) is 25.7 Å². The maximum atomic E-state index is 12.1. The Morgan fingerprint density at radius 2 is 1.76 bits per heavy atom. The predicted octanol–water partition coefficient (Wildman–Crippen LogP) is 3.55. The van der Waals surface area contributed by atoms with Crippen LogP contribution in [0.2, 0.25) is 0 Å². The van der Waals surface area contributed by atoms with Crippen LogP contribution in [-0.2, 0) is 4.74 Å². The Labute approximate surface area is 129 Å². The summed E-state index contributed by atoms with van der Waals surface area (Å²) in [4.78, 5) is 13.9. The molecule has 21 heavy (non-hydrogen) atoms. The lowest BCUT2D eigenvalue weighted by molar-refractivity contribution is 0.0290. The van der Waals surface area contributed by atoms with Crippen molar-refractivity contribution in [1.82, 2.24) is 10.2 Å². The van der Waals surface area contributed by atoms with Gasteiger partial charge in [-0.3, -0.25) is 0 Å². The predicted molar refractivity (Wildman–Crippen MR) is 85.4 cm³/mol. The Bertz CT molecular complexity index is 363. The number of amides is 1. The Hall–Kier alpha value is -0.770. The summed E-state index contributed by atoms with van der Waals surface area (Å²) < 4.78 is 5.45. The van der Waals surface area contributed by atoms with Crippen LogP contribution in [0.1, 0.15) is 66.7 Å². The molecule has 1 aliphatic carbocycles. The first-order chi connectivity index (χ1) is 9.65. The SMILES string of the molecule is CC1(C)CCC(NC2CCN(C(=O)OC(C)(C)C)C2)CC1. The number of nitrogens with zero attached hydrogens (tertiary/aromatic N) is 1. The number of carbonyl (C=O) groups is 1. The Balaban J connectivity index is 1.74. The molecule has 1 amide bonds. The van der Waals surface area contributed by atoms with Crippen molar-refractivity contribution in [3.8, 4) is 0 Å². The highest BCUT2D eigenvalue weighted by molar-refractivity contribution is 5.68. The normalized spacial score (nSPS) is 26.9. The topological polar surface area (TPSA) is 41.6 Å². The van der Waals surface area contributed by atoms with Crippen molar-refractivity contribution >= 4 is 6.09 Å². The van der Waals surface area contributed by atoms with Gasteiger partial charge in [0.15, 0.2) is 0 Å². The van der Waals surface area contributed by atoms with E-state index in [1.54, 1.807) is 0 Å². The van der Waals surface area contributed by atoms with Crippen LogP contribution in [0.15, 0.2) is 0 Å². The highest BCUT2D eigenvalue weighted by atomic mass is 16.6. The molecule has 2 aliphatic rings. The molecule has 122 valence electrons. The first-order valence-corrected chi connectivity index (χ1v) is 8.39. The molecule has 1 saturated heterocycles. The van der Waals surface area contributed by atoms with Crippen LogP contribution in [0.4, 0.5) is 4.79 Å². The lowest BCUT2D eigenvalue weighted by atomic mass is 9.75. The van der Waals surface area contributed by atoms with Gasteiger partial charge in [-0.05, 0) is 58.3 Å². The van der Waals surface area contributed by atoms with Gasteiger partial charge in [0, 0.05) is 25.2 Å². The van der Waals surface area contributed by atoms with E-state index in [0.29, 0.717) is 17.5 Å². The fourth-order valence-electron chi connectivity index (χ4n) is 3.29. The number of hydrogen-bond acceptors (Lipinski definition) is 3. The minimum atomic E-state index is -0.405. The Morgan fingerprint density at radius 3 is 2.33 bits per heavy atom.